The molecule has 0 radical (unpaired) electrons. The van der Waals surface area contributed by atoms with E-state index in [1.807, 2.05) is 66.9 Å². The fraction of sp³-hybridized carbons (Fsp3) is 0.0417. The third-order valence-electron chi connectivity index (χ3n) is 4.79. The quantitative estimate of drug-likeness (QED) is 0.335. The summed E-state index contributed by atoms with van der Waals surface area (Å²) in [4.78, 5) is 12.3. The molecule has 1 aromatic heterocycles. The normalized spacial score (nSPS) is 10.9. The van der Waals surface area contributed by atoms with Crippen LogP contribution in [0.3, 0.4) is 0 Å². The second-order valence-corrected chi connectivity index (χ2v) is 7.53. The van der Waals surface area contributed by atoms with Gasteiger partial charge in [-0.15, -0.1) is 0 Å². The summed E-state index contributed by atoms with van der Waals surface area (Å²) in [6, 6.07) is 25.0. The van der Waals surface area contributed by atoms with E-state index in [2.05, 4.69) is 37.1 Å². The molecular weight excluding hydrogens is 440 g/mol. The number of aromatic nitrogens is 1. The summed E-state index contributed by atoms with van der Waals surface area (Å²) >= 11 is 3.37. The Bertz CT molecular complexity index is 1300. The van der Waals surface area contributed by atoms with Gasteiger partial charge in [-0.25, -0.2) is 5.43 Å². The lowest BCUT2D eigenvalue weighted by Gasteiger charge is -2.07. The highest BCUT2D eigenvalue weighted by molar-refractivity contribution is 9.10. The largest absolute Gasteiger partial charge is 0.342 e. The second kappa shape index (κ2) is 8.76. The average molecular weight is 457 g/mol. The minimum absolute atomic E-state index is 0.287. The van der Waals surface area contributed by atoms with E-state index < -0.39 is 0 Å². The number of amides is 1. The van der Waals surface area contributed by atoms with Crippen LogP contribution < -0.4 is 5.43 Å². The maximum Gasteiger partial charge on any atom is 0.272 e. The van der Waals surface area contributed by atoms with E-state index in [4.69, 9.17) is 0 Å². The Kier molecular flexibility index (Phi) is 5.73. The van der Waals surface area contributed by atoms with Crippen molar-refractivity contribution in [3.05, 3.63) is 106 Å². The van der Waals surface area contributed by atoms with Gasteiger partial charge in [-0.2, -0.15) is 10.4 Å². The fourth-order valence-corrected chi connectivity index (χ4v) is 3.79. The summed E-state index contributed by atoms with van der Waals surface area (Å²) in [7, 11) is 0. The lowest BCUT2D eigenvalue weighted by atomic mass is 10.1. The van der Waals surface area contributed by atoms with Gasteiger partial charge in [-0.05, 0) is 45.8 Å². The molecule has 0 spiro atoms. The van der Waals surface area contributed by atoms with Crippen molar-refractivity contribution in [1.29, 1.82) is 5.26 Å². The molecule has 30 heavy (non-hydrogen) atoms. The van der Waals surface area contributed by atoms with Crippen LogP contribution in [0.5, 0.6) is 0 Å². The molecule has 6 heteroatoms. The van der Waals surface area contributed by atoms with Gasteiger partial charge in [0.1, 0.15) is 0 Å². The topological polar surface area (TPSA) is 70.2 Å². The molecule has 146 valence electrons. The number of carbonyl (C=O) groups excluding carboxylic acids is 1. The highest BCUT2D eigenvalue weighted by Gasteiger charge is 2.10. The first-order chi connectivity index (χ1) is 14.7. The number of carbonyl (C=O) groups is 1. The Morgan fingerprint density at radius 1 is 1.07 bits per heavy atom. The Morgan fingerprint density at radius 3 is 2.63 bits per heavy atom. The fourth-order valence-electron chi connectivity index (χ4n) is 3.33. The molecule has 0 unspecified atom stereocenters. The molecule has 0 aliphatic rings. The molecule has 4 aromatic rings. The van der Waals surface area contributed by atoms with Crippen molar-refractivity contribution < 1.29 is 4.79 Å². The van der Waals surface area contributed by atoms with E-state index in [1.165, 1.54) is 0 Å². The zero-order valence-electron chi connectivity index (χ0n) is 15.9. The van der Waals surface area contributed by atoms with E-state index >= 15 is 0 Å². The Morgan fingerprint density at radius 2 is 1.80 bits per heavy atom. The zero-order chi connectivity index (χ0) is 20.9. The maximum atomic E-state index is 12.3. The van der Waals surface area contributed by atoms with Crippen LogP contribution in [0, 0.1) is 11.3 Å². The van der Waals surface area contributed by atoms with Crippen molar-refractivity contribution in [3.8, 4) is 6.07 Å². The van der Waals surface area contributed by atoms with Gasteiger partial charge in [0.25, 0.3) is 5.91 Å². The number of benzene rings is 3. The Hall–Kier alpha value is -3.69. The number of hydrogen-bond acceptors (Lipinski definition) is 3. The van der Waals surface area contributed by atoms with Gasteiger partial charge >= 0.3 is 0 Å². The van der Waals surface area contributed by atoms with Gasteiger partial charge < -0.3 is 4.57 Å². The van der Waals surface area contributed by atoms with Crippen LogP contribution in [0.1, 0.15) is 27.0 Å². The first-order valence-electron chi connectivity index (χ1n) is 9.31. The van der Waals surface area contributed by atoms with Crippen molar-refractivity contribution >= 4 is 39.0 Å². The minimum atomic E-state index is -0.287. The van der Waals surface area contributed by atoms with Gasteiger partial charge in [0.2, 0.25) is 0 Å². The van der Waals surface area contributed by atoms with Crippen LogP contribution in [-0.2, 0) is 6.54 Å². The monoisotopic (exact) mass is 456 g/mol. The number of fused-ring (bicyclic) bond motifs is 1. The molecule has 3 aromatic carbocycles. The van der Waals surface area contributed by atoms with Crippen molar-refractivity contribution in [3.63, 3.8) is 0 Å². The van der Waals surface area contributed by atoms with Crippen LogP contribution >= 0.6 is 15.9 Å². The van der Waals surface area contributed by atoms with Crippen LogP contribution in [0.25, 0.3) is 10.9 Å². The highest BCUT2D eigenvalue weighted by atomic mass is 79.9. The molecule has 0 saturated heterocycles. The number of nitrogens with one attached hydrogen (secondary N) is 1. The summed E-state index contributed by atoms with van der Waals surface area (Å²) in [6.07, 6.45) is 3.62. The molecule has 1 N–H and O–H groups in total. The predicted octanol–water partition coefficient (Wildman–Crippen LogP) is 5.09. The molecular formula is C24H17BrN4O. The van der Waals surface area contributed by atoms with E-state index in [0.29, 0.717) is 22.1 Å². The molecule has 0 aliphatic carbocycles. The summed E-state index contributed by atoms with van der Waals surface area (Å²) in [5, 5.41) is 14.5. The minimum Gasteiger partial charge on any atom is -0.342 e. The van der Waals surface area contributed by atoms with Crippen molar-refractivity contribution in [2.24, 2.45) is 5.10 Å². The molecule has 1 amide bonds. The molecule has 4 rings (SSSR count). The molecule has 0 saturated carbocycles. The number of rotatable bonds is 5. The van der Waals surface area contributed by atoms with Crippen LogP contribution in [0.15, 0.2) is 88.6 Å². The van der Waals surface area contributed by atoms with Crippen molar-refractivity contribution in [2.45, 2.75) is 6.54 Å². The number of hydrazone groups is 1. The van der Waals surface area contributed by atoms with Gasteiger partial charge in [0.05, 0.1) is 23.4 Å². The smallest absolute Gasteiger partial charge is 0.272 e. The third kappa shape index (κ3) is 4.02. The van der Waals surface area contributed by atoms with Gasteiger partial charge in [-0.3, -0.25) is 4.79 Å². The molecule has 1 heterocycles. The van der Waals surface area contributed by atoms with E-state index in [1.54, 1.807) is 18.3 Å². The number of para-hydroxylation sites is 1. The second-order valence-electron chi connectivity index (χ2n) is 6.68. The molecule has 0 bridgehead atoms. The van der Waals surface area contributed by atoms with E-state index in [-0.39, 0.29) is 5.91 Å². The van der Waals surface area contributed by atoms with Crippen LogP contribution in [-0.4, -0.2) is 16.7 Å². The zero-order valence-corrected chi connectivity index (χ0v) is 17.5. The number of nitrogens with zero attached hydrogens (tertiary/aromatic N) is 3. The summed E-state index contributed by atoms with van der Waals surface area (Å²) < 4.78 is 2.80. The SMILES string of the molecule is N#Cc1ccccc1Cn1cc(/C=N\NC(=O)c2ccccc2Br)c2ccccc21. The molecule has 0 atom stereocenters. The van der Waals surface area contributed by atoms with Gasteiger partial charge in [-0.1, -0.05) is 48.5 Å². The average Bonchev–Trinajstić information content (AvgIpc) is 3.12. The van der Waals surface area contributed by atoms with Crippen LogP contribution in [0.4, 0.5) is 0 Å². The highest BCUT2D eigenvalue weighted by Crippen LogP contribution is 2.22. The molecule has 0 aliphatic heterocycles. The van der Waals surface area contributed by atoms with E-state index in [9.17, 15) is 10.1 Å². The Labute approximate surface area is 182 Å². The number of nitriles is 1. The first kappa shape index (κ1) is 19.6. The third-order valence-corrected chi connectivity index (χ3v) is 5.48. The van der Waals surface area contributed by atoms with Crippen LogP contribution in [0.2, 0.25) is 0 Å². The predicted molar refractivity (Wildman–Crippen MR) is 121 cm³/mol. The molecule has 5 nitrogen and oxygen atoms in total. The Balaban J connectivity index is 1.61. The summed E-state index contributed by atoms with van der Waals surface area (Å²) in [5.74, 6) is -0.287. The lowest BCUT2D eigenvalue weighted by molar-refractivity contribution is 0.0954. The number of hydrogen-bond donors (Lipinski definition) is 1. The molecule has 0 fully saturated rings. The standard InChI is InChI=1S/C24H17BrN4O/c25-22-11-5-3-10-21(22)24(30)28-27-14-19-16-29(23-12-6-4-9-20(19)23)15-18-8-2-1-7-17(18)13-26/h1-12,14,16H,15H2,(H,28,30)/b27-14-. The summed E-state index contributed by atoms with van der Waals surface area (Å²) in [6.45, 7) is 0.571. The lowest BCUT2D eigenvalue weighted by Crippen LogP contribution is -2.18. The number of halogens is 1. The van der Waals surface area contributed by atoms with Gasteiger partial charge in [0.15, 0.2) is 0 Å². The summed E-state index contributed by atoms with van der Waals surface area (Å²) in [5.41, 5.74) is 6.62. The van der Waals surface area contributed by atoms with Crippen molar-refractivity contribution in [1.82, 2.24) is 9.99 Å². The first-order valence-corrected chi connectivity index (χ1v) is 10.1. The maximum absolute atomic E-state index is 12.3. The van der Waals surface area contributed by atoms with Gasteiger partial charge in [0, 0.05) is 33.7 Å². The van der Waals surface area contributed by atoms with E-state index in [0.717, 1.165) is 22.0 Å². The van der Waals surface area contributed by atoms with Crippen molar-refractivity contribution in [2.75, 3.05) is 0 Å².